The van der Waals surface area contributed by atoms with Crippen LogP contribution >= 0.6 is 35.2 Å². The molecule has 0 aliphatic carbocycles. The van der Waals surface area contributed by atoms with Crippen LogP contribution in [0.5, 0.6) is 0 Å². The summed E-state index contributed by atoms with van der Waals surface area (Å²) in [6, 6.07) is 7.84. The van der Waals surface area contributed by atoms with Crippen molar-refractivity contribution in [2.75, 3.05) is 0 Å². The van der Waals surface area contributed by atoms with Gasteiger partial charge in [-0.25, -0.2) is 0 Å². The minimum absolute atomic E-state index is 0.0890. The maximum atomic E-state index is 13.8. The van der Waals surface area contributed by atoms with Crippen LogP contribution in [-0.2, 0) is 0 Å². The van der Waals surface area contributed by atoms with Gasteiger partial charge in [0.05, 0.1) is 10.9 Å². The molecule has 138 valence electrons. The van der Waals surface area contributed by atoms with E-state index in [1.54, 1.807) is 23.6 Å². The largest absolute Gasteiger partial charge is 0.437 e. The summed E-state index contributed by atoms with van der Waals surface area (Å²) in [6.07, 6.45) is -5.16. The molecule has 3 N–H and O–H groups in total. The molecule has 1 aliphatic rings. The number of carbonyl (C=O) groups excluding carboxylic acids is 1. The number of carbonyl (C=O) groups is 1. The lowest BCUT2D eigenvalue weighted by molar-refractivity contribution is -0.285. The van der Waals surface area contributed by atoms with Crippen LogP contribution in [-0.4, -0.2) is 27.9 Å². The van der Waals surface area contributed by atoms with E-state index in [9.17, 15) is 23.1 Å². The number of thiocarbonyl (C=S) groups is 1. The van der Waals surface area contributed by atoms with Gasteiger partial charge in [0.1, 0.15) is 5.92 Å². The minimum Gasteiger partial charge on any atom is -0.363 e. The molecule has 1 fully saturated rings. The predicted octanol–water partition coefficient (Wildman–Crippen LogP) is 3.67. The van der Waals surface area contributed by atoms with Crippen molar-refractivity contribution < 1.29 is 23.1 Å². The van der Waals surface area contributed by atoms with E-state index in [-0.39, 0.29) is 15.5 Å². The minimum atomic E-state index is -5.16. The number of rotatable bonds is 3. The molecule has 1 aromatic heterocycles. The molecule has 1 aliphatic heterocycles. The first-order valence-corrected chi connectivity index (χ1v) is 9.01. The zero-order valence-corrected chi connectivity index (χ0v) is 15.3. The number of thiophene rings is 1. The van der Waals surface area contributed by atoms with Crippen LogP contribution in [0.1, 0.15) is 21.3 Å². The number of nitrogens with one attached hydrogen (secondary N) is 2. The number of aliphatic hydroxyl groups is 1. The van der Waals surface area contributed by atoms with Crippen LogP contribution < -0.4 is 10.6 Å². The van der Waals surface area contributed by atoms with Crippen LogP contribution in [0.25, 0.3) is 0 Å². The van der Waals surface area contributed by atoms with E-state index in [2.05, 4.69) is 5.32 Å². The molecule has 0 amide bonds. The van der Waals surface area contributed by atoms with E-state index in [1.165, 1.54) is 18.2 Å². The Balaban J connectivity index is 2.18. The molecule has 3 atom stereocenters. The Morgan fingerprint density at radius 3 is 2.54 bits per heavy atom. The summed E-state index contributed by atoms with van der Waals surface area (Å²) in [4.78, 5) is 13.0. The van der Waals surface area contributed by atoms with Crippen molar-refractivity contribution in [1.82, 2.24) is 10.6 Å². The van der Waals surface area contributed by atoms with Gasteiger partial charge in [0.15, 0.2) is 10.9 Å². The molecule has 0 bridgehead atoms. The summed E-state index contributed by atoms with van der Waals surface area (Å²) in [7, 11) is 0. The van der Waals surface area contributed by atoms with Gasteiger partial charge in [0.25, 0.3) is 0 Å². The fourth-order valence-corrected chi connectivity index (χ4v) is 4.14. The zero-order chi connectivity index (χ0) is 19.1. The second kappa shape index (κ2) is 6.80. The van der Waals surface area contributed by atoms with Gasteiger partial charge in [0.2, 0.25) is 5.72 Å². The Hall–Kier alpha value is -1.68. The lowest BCUT2D eigenvalue weighted by atomic mass is 9.78. The number of Topliss-reactive ketones (excluding diaryl/α,β-unsaturated/α-hetero) is 1. The molecular formula is C16H12ClF3N2O2S2. The third-order valence-corrected chi connectivity index (χ3v) is 5.54. The second-order valence-corrected chi connectivity index (χ2v) is 7.44. The summed E-state index contributed by atoms with van der Waals surface area (Å²) in [5.74, 6) is -2.81. The van der Waals surface area contributed by atoms with Gasteiger partial charge >= 0.3 is 6.18 Å². The number of benzene rings is 1. The molecule has 0 saturated carbocycles. The highest BCUT2D eigenvalue weighted by Crippen LogP contribution is 2.45. The fraction of sp³-hybridized carbons (Fsp3) is 0.250. The molecule has 0 radical (unpaired) electrons. The first-order valence-electron chi connectivity index (χ1n) is 7.35. The molecule has 2 aromatic rings. The monoisotopic (exact) mass is 420 g/mol. The predicted molar refractivity (Wildman–Crippen MR) is 96.2 cm³/mol. The molecule has 1 saturated heterocycles. The van der Waals surface area contributed by atoms with E-state index in [0.29, 0.717) is 0 Å². The Morgan fingerprint density at radius 1 is 1.27 bits per heavy atom. The van der Waals surface area contributed by atoms with Crippen molar-refractivity contribution in [3.05, 3.63) is 57.2 Å². The number of hydrogen-bond acceptors (Lipinski definition) is 4. The Labute approximate surface area is 161 Å². The van der Waals surface area contributed by atoms with Crippen LogP contribution in [0.3, 0.4) is 0 Å². The quantitative estimate of drug-likeness (QED) is 0.522. The van der Waals surface area contributed by atoms with Gasteiger partial charge in [-0.3, -0.25) is 4.79 Å². The van der Waals surface area contributed by atoms with Crippen molar-refractivity contribution in [2.45, 2.75) is 17.9 Å². The van der Waals surface area contributed by atoms with E-state index in [1.807, 2.05) is 5.32 Å². The molecule has 0 unspecified atom stereocenters. The standard InChI is InChI=1S/C16H12ClF3N2O2S2/c17-9-5-2-1-4-8(9)12-11(13(23)10-6-3-7-26-10)15(24,16(18,19)20)22-14(25)21-12/h1-7,11-12,24H,(H2,21,22,25)/t11-,12-,15+/m1/s1. The smallest absolute Gasteiger partial charge is 0.363 e. The number of alkyl halides is 3. The van der Waals surface area contributed by atoms with Gasteiger partial charge in [-0.2, -0.15) is 13.2 Å². The van der Waals surface area contributed by atoms with Crippen LogP contribution in [0, 0.1) is 5.92 Å². The van der Waals surface area contributed by atoms with Crippen LogP contribution in [0.2, 0.25) is 5.02 Å². The molecule has 4 nitrogen and oxygen atoms in total. The van der Waals surface area contributed by atoms with Crippen molar-refractivity contribution in [2.24, 2.45) is 5.92 Å². The molecular weight excluding hydrogens is 409 g/mol. The van der Waals surface area contributed by atoms with E-state index in [4.69, 9.17) is 23.8 Å². The van der Waals surface area contributed by atoms with Gasteiger partial charge in [0, 0.05) is 5.02 Å². The van der Waals surface area contributed by atoms with Gasteiger partial charge < -0.3 is 15.7 Å². The molecule has 10 heteroatoms. The van der Waals surface area contributed by atoms with Gasteiger partial charge in [-0.15, -0.1) is 11.3 Å². The summed E-state index contributed by atoms with van der Waals surface area (Å²) in [6.45, 7) is 0. The van der Waals surface area contributed by atoms with Crippen molar-refractivity contribution in [1.29, 1.82) is 0 Å². The van der Waals surface area contributed by atoms with Crippen molar-refractivity contribution >= 4 is 46.1 Å². The maximum Gasteiger partial charge on any atom is 0.437 e. The van der Waals surface area contributed by atoms with Gasteiger partial charge in [-0.1, -0.05) is 35.9 Å². The Morgan fingerprint density at radius 2 is 1.96 bits per heavy atom. The topological polar surface area (TPSA) is 61.4 Å². The normalized spacial score (nSPS) is 26.1. The number of ketones is 1. The first-order chi connectivity index (χ1) is 12.1. The highest BCUT2D eigenvalue weighted by atomic mass is 35.5. The Kier molecular flexibility index (Phi) is 5.00. The highest BCUT2D eigenvalue weighted by molar-refractivity contribution is 7.80. The molecule has 0 spiro atoms. The van der Waals surface area contributed by atoms with Gasteiger partial charge in [-0.05, 0) is 35.3 Å². The highest BCUT2D eigenvalue weighted by Gasteiger charge is 2.66. The van der Waals surface area contributed by atoms with E-state index >= 15 is 0 Å². The fourth-order valence-electron chi connectivity index (χ4n) is 2.90. The number of hydrogen-bond donors (Lipinski definition) is 3. The Bertz CT molecular complexity index is 844. The summed E-state index contributed by atoms with van der Waals surface area (Å²) >= 11 is 12.0. The van der Waals surface area contributed by atoms with E-state index < -0.39 is 34.8 Å². The zero-order valence-electron chi connectivity index (χ0n) is 12.9. The lowest BCUT2D eigenvalue weighted by Crippen LogP contribution is -2.72. The van der Waals surface area contributed by atoms with Crippen molar-refractivity contribution in [3.63, 3.8) is 0 Å². The SMILES string of the molecule is O=C(c1cccs1)[C@H]1[C@@H](c2ccccc2Cl)NC(=S)N[C@@]1(O)C(F)(F)F. The lowest BCUT2D eigenvalue weighted by Gasteiger charge is -2.46. The van der Waals surface area contributed by atoms with Crippen molar-refractivity contribution in [3.8, 4) is 0 Å². The number of halogens is 4. The van der Waals surface area contributed by atoms with E-state index in [0.717, 1.165) is 11.3 Å². The molecule has 2 heterocycles. The van der Waals surface area contributed by atoms with Crippen LogP contribution in [0.15, 0.2) is 41.8 Å². The molecule has 26 heavy (non-hydrogen) atoms. The summed E-state index contributed by atoms with van der Waals surface area (Å²) in [5.41, 5.74) is -3.31. The average molecular weight is 421 g/mol. The second-order valence-electron chi connectivity index (χ2n) is 5.68. The third-order valence-electron chi connectivity index (χ3n) is 4.09. The van der Waals surface area contributed by atoms with Crippen LogP contribution in [0.4, 0.5) is 13.2 Å². The third kappa shape index (κ3) is 3.20. The maximum absolute atomic E-state index is 13.8. The average Bonchev–Trinajstić information content (AvgIpc) is 3.07. The summed E-state index contributed by atoms with van der Waals surface area (Å²) < 4.78 is 41.3. The molecule has 1 aromatic carbocycles. The summed E-state index contributed by atoms with van der Waals surface area (Å²) in [5, 5.41) is 16.3. The molecule has 3 rings (SSSR count). The first kappa shape index (κ1) is 19.1.